The summed E-state index contributed by atoms with van der Waals surface area (Å²) in [7, 11) is 3.57. The summed E-state index contributed by atoms with van der Waals surface area (Å²) in [6, 6.07) is 2.27. The number of thiophene rings is 1. The van der Waals surface area contributed by atoms with Gasteiger partial charge >= 0.3 is 0 Å². The third kappa shape index (κ3) is 3.48. The van der Waals surface area contributed by atoms with Crippen molar-refractivity contribution in [2.45, 2.75) is 39.8 Å². The van der Waals surface area contributed by atoms with Gasteiger partial charge in [0.15, 0.2) is 11.6 Å². The summed E-state index contributed by atoms with van der Waals surface area (Å²) in [4.78, 5) is 24.6. The van der Waals surface area contributed by atoms with Crippen LogP contribution >= 0.6 is 11.3 Å². The van der Waals surface area contributed by atoms with E-state index in [1.807, 2.05) is 41.7 Å². The fourth-order valence-electron chi connectivity index (χ4n) is 3.53. The molecule has 158 valence electrons. The number of fused-ring (bicyclic) bond motifs is 1. The first-order valence-electron chi connectivity index (χ1n) is 9.98. The average molecular weight is 427 g/mol. The fourth-order valence-corrected chi connectivity index (χ4v) is 4.67. The lowest BCUT2D eigenvalue weighted by atomic mass is 10.2. The summed E-state index contributed by atoms with van der Waals surface area (Å²) in [5, 5.41) is 5.35. The van der Waals surface area contributed by atoms with Gasteiger partial charge in [-0.05, 0) is 38.8 Å². The van der Waals surface area contributed by atoms with Crippen molar-refractivity contribution < 1.29 is 4.74 Å². The van der Waals surface area contributed by atoms with Gasteiger partial charge in [0.25, 0.3) is 5.56 Å². The molecule has 0 aliphatic carbocycles. The summed E-state index contributed by atoms with van der Waals surface area (Å²) in [5.74, 6) is 1.25. The predicted molar refractivity (Wildman–Crippen MR) is 119 cm³/mol. The maximum absolute atomic E-state index is 13.6. The van der Waals surface area contributed by atoms with E-state index in [0.717, 1.165) is 22.6 Å². The molecular formula is C21H26N6O2S. The van der Waals surface area contributed by atoms with Crippen LogP contribution in [-0.4, -0.2) is 42.6 Å². The molecule has 0 amide bonds. The number of aromatic nitrogens is 6. The molecule has 4 aromatic heterocycles. The number of methoxy groups -OCH3 is 1. The van der Waals surface area contributed by atoms with Gasteiger partial charge in [-0.3, -0.25) is 14.0 Å². The van der Waals surface area contributed by atoms with Gasteiger partial charge in [-0.15, -0.1) is 11.3 Å². The molecule has 0 aliphatic rings. The average Bonchev–Trinajstić information content (AvgIpc) is 3.42. The Morgan fingerprint density at radius 1 is 1.23 bits per heavy atom. The fraction of sp³-hybridized carbons (Fsp3) is 0.429. The number of hydrogen-bond donors (Lipinski definition) is 0. The third-order valence-corrected chi connectivity index (χ3v) is 6.38. The Labute approximate surface area is 178 Å². The van der Waals surface area contributed by atoms with E-state index in [-0.39, 0.29) is 11.6 Å². The summed E-state index contributed by atoms with van der Waals surface area (Å²) in [6.07, 6.45) is 6.26. The van der Waals surface area contributed by atoms with Gasteiger partial charge in [-0.1, -0.05) is 0 Å². The molecule has 0 saturated carbocycles. The molecule has 8 nitrogen and oxygen atoms in total. The molecule has 0 radical (unpaired) electrons. The number of imidazole rings is 1. The first-order valence-corrected chi connectivity index (χ1v) is 10.8. The zero-order valence-electron chi connectivity index (χ0n) is 17.9. The number of nitrogens with zero attached hydrogens (tertiary/aromatic N) is 6. The quantitative estimate of drug-likeness (QED) is 0.422. The van der Waals surface area contributed by atoms with Gasteiger partial charge in [0.1, 0.15) is 10.5 Å². The van der Waals surface area contributed by atoms with Crippen molar-refractivity contribution in [3.8, 4) is 22.2 Å². The highest BCUT2D eigenvalue weighted by molar-refractivity contribution is 7.22. The van der Waals surface area contributed by atoms with Crippen LogP contribution in [-0.2, 0) is 18.3 Å². The highest BCUT2D eigenvalue weighted by Crippen LogP contribution is 2.36. The van der Waals surface area contributed by atoms with Crippen LogP contribution in [0.15, 0.2) is 29.5 Å². The van der Waals surface area contributed by atoms with Crippen molar-refractivity contribution >= 4 is 21.6 Å². The zero-order chi connectivity index (χ0) is 21.4. The van der Waals surface area contributed by atoms with Gasteiger partial charge in [-0.25, -0.2) is 9.97 Å². The second-order valence-electron chi connectivity index (χ2n) is 7.61. The van der Waals surface area contributed by atoms with E-state index in [4.69, 9.17) is 14.8 Å². The SMILES string of the molecule is COCCCn1c(-c2nccn2C)nc2sc(-c3ccn(C(C)C)n3)c(C)c2c1=O. The van der Waals surface area contributed by atoms with E-state index in [9.17, 15) is 4.79 Å². The van der Waals surface area contributed by atoms with Gasteiger partial charge in [0.2, 0.25) is 0 Å². The minimum Gasteiger partial charge on any atom is -0.385 e. The Morgan fingerprint density at radius 3 is 2.67 bits per heavy atom. The van der Waals surface area contributed by atoms with Crippen LogP contribution in [0.5, 0.6) is 0 Å². The van der Waals surface area contributed by atoms with Crippen molar-refractivity contribution in [1.82, 2.24) is 28.9 Å². The second-order valence-corrected chi connectivity index (χ2v) is 8.61. The highest BCUT2D eigenvalue weighted by Gasteiger charge is 2.22. The standard InChI is InChI=1S/C21H26N6O2S/c1-13(2)27-10-7-15(24-27)17-14(3)16-20(30-17)23-19(18-22-8-11-25(18)4)26(21(16)28)9-6-12-29-5/h7-8,10-11,13H,6,9,12H2,1-5H3. The van der Waals surface area contributed by atoms with Crippen LogP contribution in [0.3, 0.4) is 0 Å². The van der Waals surface area contributed by atoms with Crippen molar-refractivity contribution in [2.24, 2.45) is 7.05 Å². The normalized spacial score (nSPS) is 11.8. The van der Waals surface area contributed by atoms with Crippen LogP contribution < -0.4 is 5.56 Å². The zero-order valence-corrected chi connectivity index (χ0v) is 18.7. The van der Waals surface area contributed by atoms with E-state index in [2.05, 4.69) is 18.8 Å². The smallest absolute Gasteiger partial charge is 0.262 e. The number of hydrogen-bond acceptors (Lipinski definition) is 6. The van der Waals surface area contributed by atoms with E-state index >= 15 is 0 Å². The lowest BCUT2D eigenvalue weighted by Crippen LogP contribution is -2.25. The maximum Gasteiger partial charge on any atom is 0.262 e. The van der Waals surface area contributed by atoms with Crippen molar-refractivity contribution in [3.05, 3.63) is 40.6 Å². The van der Waals surface area contributed by atoms with Gasteiger partial charge < -0.3 is 9.30 Å². The molecule has 9 heteroatoms. The first-order chi connectivity index (χ1) is 14.4. The Kier molecular flexibility index (Phi) is 5.57. The monoisotopic (exact) mass is 426 g/mol. The second kappa shape index (κ2) is 8.16. The molecule has 0 aliphatic heterocycles. The number of aryl methyl sites for hydroxylation is 2. The van der Waals surface area contributed by atoms with Crippen molar-refractivity contribution in [1.29, 1.82) is 0 Å². The van der Waals surface area contributed by atoms with Crippen LogP contribution in [0.2, 0.25) is 0 Å². The summed E-state index contributed by atoms with van der Waals surface area (Å²) in [6.45, 7) is 7.25. The number of ether oxygens (including phenoxy) is 1. The third-order valence-electron chi connectivity index (χ3n) is 5.17. The lowest BCUT2D eigenvalue weighted by molar-refractivity contribution is 0.190. The molecule has 0 aromatic carbocycles. The van der Waals surface area contributed by atoms with Crippen LogP contribution in [0.25, 0.3) is 32.4 Å². The predicted octanol–water partition coefficient (Wildman–Crippen LogP) is 3.65. The van der Waals surface area contributed by atoms with E-state index < -0.39 is 0 Å². The van der Waals surface area contributed by atoms with Crippen molar-refractivity contribution in [3.63, 3.8) is 0 Å². The molecule has 0 N–H and O–H groups in total. The minimum absolute atomic E-state index is 0.0441. The summed E-state index contributed by atoms with van der Waals surface area (Å²) in [5.41, 5.74) is 1.75. The topological polar surface area (TPSA) is 79.8 Å². The van der Waals surface area contributed by atoms with Gasteiger partial charge in [0.05, 0.1) is 10.3 Å². The van der Waals surface area contributed by atoms with Crippen LogP contribution in [0, 0.1) is 6.92 Å². The molecule has 0 saturated heterocycles. The molecule has 4 rings (SSSR count). The Hall–Kier alpha value is -2.78. The molecule has 4 aromatic rings. The highest BCUT2D eigenvalue weighted by atomic mass is 32.1. The van der Waals surface area contributed by atoms with Crippen LogP contribution in [0.1, 0.15) is 31.9 Å². The Balaban J connectivity index is 1.92. The molecule has 0 unspecified atom stereocenters. The molecule has 4 heterocycles. The van der Waals surface area contributed by atoms with Crippen molar-refractivity contribution in [2.75, 3.05) is 13.7 Å². The van der Waals surface area contributed by atoms with E-state index in [1.54, 1.807) is 17.9 Å². The molecule has 0 atom stereocenters. The van der Waals surface area contributed by atoms with E-state index in [0.29, 0.717) is 35.0 Å². The first kappa shape index (κ1) is 20.5. The minimum atomic E-state index is -0.0441. The molecule has 0 spiro atoms. The maximum atomic E-state index is 13.6. The Morgan fingerprint density at radius 2 is 2.03 bits per heavy atom. The number of rotatable bonds is 7. The summed E-state index contributed by atoms with van der Waals surface area (Å²) < 4.78 is 10.7. The summed E-state index contributed by atoms with van der Waals surface area (Å²) >= 11 is 1.51. The van der Waals surface area contributed by atoms with Crippen LogP contribution in [0.4, 0.5) is 0 Å². The van der Waals surface area contributed by atoms with E-state index in [1.165, 1.54) is 11.3 Å². The molecular weight excluding hydrogens is 400 g/mol. The largest absolute Gasteiger partial charge is 0.385 e. The molecule has 30 heavy (non-hydrogen) atoms. The molecule has 0 fully saturated rings. The van der Waals surface area contributed by atoms with Gasteiger partial charge in [-0.2, -0.15) is 5.10 Å². The molecule has 0 bridgehead atoms. The lowest BCUT2D eigenvalue weighted by Gasteiger charge is -2.12. The Bertz CT molecular complexity index is 1250. The van der Waals surface area contributed by atoms with Gasteiger partial charge in [0, 0.05) is 51.9 Å².